The number of aliphatic hydroxyl groups is 1. The van der Waals surface area contributed by atoms with Crippen LogP contribution in [-0.4, -0.2) is 50.4 Å². The number of aliphatic hydroxyl groups excluding tert-OH is 1. The van der Waals surface area contributed by atoms with Gasteiger partial charge < -0.3 is 20.5 Å². The smallest absolute Gasteiger partial charge is 0.272 e. The highest BCUT2D eigenvalue weighted by Crippen LogP contribution is 2.29. The fourth-order valence-corrected chi connectivity index (χ4v) is 5.09. The van der Waals surface area contributed by atoms with Gasteiger partial charge in [-0.15, -0.1) is 0 Å². The van der Waals surface area contributed by atoms with Gasteiger partial charge >= 0.3 is 0 Å². The lowest BCUT2D eigenvalue weighted by Crippen LogP contribution is -2.44. The lowest BCUT2D eigenvalue weighted by molar-refractivity contribution is 0.0887. The van der Waals surface area contributed by atoms with E-state index in [4.69, 9.17) is 9.84 Å². The SMILES string of the molecule is Cc1cc(C(=O)N[C@H]2CC[C@H](NC(=O)c3cc(F)cnc3Oc3cccc(-c4ccc(CCO)cc4)c3)CC2)nn1C. The molecule has 2 aromatic carbocycles. The molecule has 0 spiro atoms. The number of carbonyl (C=O) groups excluding carboxylic acids is 2. The fraction of sp³-hybridized carbons (Fsp3) is 0.312. The number of nitrogens with zero attached hydrogens (tertiary/aromatic N) is 3. The van der Waals surface area contributed by atoms with Crippen LogP contribution in [0.1, 0.15) is 57.8 Å². The first kappa shape index (κ1) is 28.9. The van der Waals surface area contributed by atoms with Gasteiger partial charge in [-0.3, -0.25) is 14.3 Å². The second-order valence-corrected chi connectivity index (χ2v) is 10.6. The summed E-state index contributed by atoms with van der Waals surface area (Å²) in [5, 5.41) is 19.4. The van der Waals surface area contributed by atoms with Crippen LogP contribution in [0.3, 0.4) is 0 Å². The zero-order chi connectivity index (χ0) is 29.6. The summed E-state index contributed by atoms with van der Waals surface area (Å²) in [6.07, 6.45) is 4.33. The topological polar surface area (TPSA) is 118 Å². The molecule has 0 atom stereocenters. The van der Waals surface area contributed by atoms with Crippen LogP contribution in [0, 0.1) is 12.7 Å². The van der Waals surface area contributed by atoms with E-state index in [2.05, 4.69) is 20.7 Å². The maximum Gasteiger partial charge on any atom is 0.272 e. The van der Waals surface area contributed by atoms with Gasteiger partial charge in [-0.05, 0) is 80.0 Å². The molecule has 0 aliphatic heterocycles. The highest BCUT2D eigenvalue weighted by atomic mass is 19.1. The maximum atomic E-state index is 14.2. The largest absolute Gasteiger partial charge is 0.438 e. The van der Waals surface area contributed by atoms with Crippen molar-refractivity contribution in [1.29, 1.82) is 0 Å². The summed E-state index contributed by atoms with van der Waals surface area (Å²) in [6.45, 7) is 1.98. The number of aromatic nitrogens is 3. The number of hydrogen-bond acceptors (Lipinski definition) is 6. The normalized spacial score (nSPS) is 16.6. The van der Waals surface area contributed by atoms with Crippen molar-refractivity contribution in [1.82, 2.24) is 25.4 Å². The molecule has 42 heavy (non-hydrogen) atoms. The number of carbonyl (C=O) groups is 2. The Hall–Kier alpha value is -4.57. The summed E-state index contributed by atoms with van der Waals surface area (Å²) in [4.78, 5) is 29.9. The summed E-state index contributed by atoms with van der Waals surface area (Å²) in [5.41, 5.74) is 4.21. The molecule has 2 heterocycles. The van der Waals surface area contributed by atoms with Crippen LogP contribution >= 0.6 is 0 Å². The molecule has 2 aromatic heterocycles. The third-order valence-corrected chi connectivity index (χ3v) is 7.54. The molecule has 4 aromatic rings. The highest BCUT2D eigenvalue weighted by Gasteiger charge is 2.26. The van der Waals surface area contributed by atoms with Crippen molar-refractivity contribution >= 4 is 11.8 Å². The van der Waals surface area contributed by atoms with Crippen LogP contribution < -0.4 is 15.4 Å². The van der Waals surface area contributed by atoms with Gasteiger partial charge in [0.25, 0.3) is 11.8 Å². The maximum absolute atomic E-state index is 14.2. The third-order valence-electron chi connectivity index (χ3n) is 7.54. The Morgan fingerprint density at radius 3 is 2.31 bits per heavy atom. The average molecular weight is 572 g/mol. The number of benzene rings is 2. The Bertz CT molecular complexity index is 1540. The molecule has 0 unspecified atom stereocenters. The number of pyridine rings is 1. The Morgan fingerprint density at radius 2 is 1.67 bits per heavy atom. The second-order valence-electron chi connectivity index (χ2n) is 10.6. The van der Waals surface area contributed by atoms with Crippen molar-refractivity contribution in [2.75, 3.05) is 6.61 Å². The van der Waals surface area contributed by atoms with Gasteiger partial charge in [-0.2, -0.15) is 5.10 Å². The van der Waals surface area contributed by atoms with Gasteiger partial charge in [0, 0.05) is 31.4 Å². The Balaban J connectivity index is 1.21. The molecule has 2 amide bonds. The first-order chi connectivity index (χ1) is 20.3. The zero-order valence-electron chi connectivity index (χ0n) is 23.6. The van der Waals surface area contributed by atoms with E-state index in [0.29, 0.717) is 43.5 Å². The minimum Gasteiger partial charge on any atom is -0.438 e. The van der Waals surface area contributed by atoms with Crippen LogP contribution in [0.25, 0.3) is 11.1 Å². The van der Waals surface area contributed by atoms with E-state index in [0.717, 1.165) is 34.6 Å². The van der Waals surface area contributed by atoms with E-state index in [9.17, 15) is 14.0 Å². The molecule has 1 fully saturated rings. The van der Waals surface area contributed by atoms with Crippen LogP contribution in [-0.2, 0) is 13.5 Å². The van der Waals surface area contributed by atoms with E-state index in [1.807, 2.05) is 49.4 Å². The van der Waals surface area contributed by atoms with Gasteiger partial charge in [-0.25, -0.2) is 9.37 Å². The fourth-order valence-electron chi connectivity index (χ4n) is 5.09. The third kappa shape index (κ3) is 7.01. The van der Waals surface area contributed by atoms with Gasteiger partial charge in [0.2, 0.25) is 5.88 Å². The Morgan fingerprint density at radius 1 is 0.976 bits per heavy atom. The molecule has 1 saturated carbocycles. The van der Waals surface area contributed by atoms with Crippen LogP contribution in [0.5, 0.6) is 11.6 Å². The number of hydrogen-bond donors (Lipinski definition) is 3. The molecule has 218 valence electrons. The van der Waals surface area contributed by atoms with Gasteiger partial charge in [0.15, 0.2) is 0 Å². The molecule has 3 N–H and O–H groups in total. The summed E-state index contributed by atoms with van der Waals surface area (Å²) >= 11 is 0. The number of halogens is 1. The summed E-state index contributed by atoms with van der Waals surface area (Å²) in [7, 11) is 1.79. The Labute approximate surface area is 243 Å². The number of nitrogens with one attached hydrogen (secondary N) is 2. The summed E-state index contributed by atoms with van der Waals surface area (Å²) < 4.78 is 21.8. The first-order valence-corrected chi connectivity index (χ1v) is 14.0. The van der Waals surface area contributed by atoms with Gasteiger partial charge in [0.1, 0.15) is 22.8 Å². The molecule has 0 radical (unpaired) electrons. The molecule has 1 aliphatic rings. The van der Waals surface area contributed by atoms with Gasteiger partial charge in [0.05, 0.1) is 6.20 Å². The summed E-state index contributed by atoms with van der Waals surface area (Å²) in [5.74, 6) is -0.846. The van der Waals surface area contributed by atoms with Crippen molar-refractivity contribution in [3.8, 4) is 22.8 Å². The van der Waals surface area contributed by atoms with Crippen LogP contribution in [0.15, 0.2) is 66.9 Å². The first-order valence-electron chi connectivity index (χ1n) is 14.0. The molecule has 0 saturated heterocycles. The lowest BCUT2D eigenvalue weighted by Gasteiger charge is -2.29. The number of rotatable bonds is 9. The molecule has 9 nitrogen and oxygen atoms in total. The van der Waals surface area contributed by atoms with E-state index < -0.39 is 11.7 Å². The Kier molecular flexibility index (Phi) is 8.92. The van der Waals surface area contributed by atoms with Crippen molar-refractivity contribution in [3.63, 3.8) is 0 Å². The number of ether oxygens (including phenoxy) is 1. The molecular formula is C32H34FN5O4. The molecule has 10 heteroatoms. The minimum absolute atomic E-state index is 0.00899. The predicted octanol–water partition coefficient (Wildman–Crippen LogP) is 4.73. The molecule has 0 bridgehead atoms. The van der Waals surface area contributed by atoms with E-state index in [1.165, 1.54) is 0 Å². The van der Waals surface area contributed by atoms with Crippen molar-refractivity contribution in [3.05, 3.63) is 95.2 Å². The van der Waals surface area contributed by atoms with Crippen LogP contribution in [0.2, 0.25) is 0 Å². The lowest BCUT2D eigenvalue weighted by atomic mass is 9.91. The molecule has 1 aliphatic carbocycles. The zero-order valence-corrected chi connectivity index (χ0v) is 23.6. The molecule has 5 rings (SSSR count). The molecular weight excluding hydrogens is 537 g/mol. The van der Waals surface area contributed by atoms with E-state index in [-0.39, 0.29) is 36.0 Å². The van der Waals surface area contributed by atoms with Crippen LogP contribution in [0.4, 0.5) is 4.39 Å². The van der Waals surface area contributed by atoms with E-state index >= 15 is 0 Å². The standard InChI is InChI=1S/C32H34FN5O4/c1-20-16-29(37-38(20)2)31(41)36-26-12-10-25(11-13-26)35-30(40)28-18-24(33)19-34-32(28)42-27-5-3-4-23(17-27)22-8-6-21(7-9-22)14-15-39/h3-9,16-19,25-26,39H,10-15H2,1-2H3,(H,35,40)(H,36,41)/t25-,26-. The van der Waals surface area contributed by atoms with Crippen molar-refractivity contribution in [2.24, 2.45) is 7.05 Å². The highest BCUT2D eigenvalue weighted by molar-refractivity contribution is 5.96. The van der Waals surface area contributed by atoms with Gasteiger partial charge in [-0.1, -0.05) is 36.4 Å². The van der Waals surface area contributed by atoms with E-state index in [1.54, 1.807) is 23.9 Å². The minimum atomic E-state index is -0.639. The number of amides is 2. The van der Waals surface area contributed by atoms with Crippen molar-refractivity contribution in [2.45, 2.75) is 51.1 Å². The average Bonchev–Trinajstić information content (AvgIpc) is 3.33. The monoisotopic (exact) mass is 571 g/mol. The van der Waals surface area contributed by atoms with Crippen molar-refractivity contribution < 1.29 is 23.8 Å². The summed E-state index contributed by atoms with van der Waals surface area (Å²) in [6, 6.07) is 18.0. The quantitative estimate of drug-likeness (QED) is 0.267. The number of aryl methyl sites for hydroxylation is 2. The predicted molar refractivity (Wildman–Crippen MR) is 156 cm³/mol. The second kappa shape index (κ2) is 12.9.